The number of aliphatic hydroxyl groups is 3. The van der Waals surface area contributed by atoms with Crippen LogP contribution in [0.3, 0.4) is 0 Å². The maximum atomic E-state index is 12.0. The van der Waals surface area contributed by atoms with E-state index in [0.717, 1.165) is 0 Å². The van der Waals surface area contributed by atoms with Gasteiger partial charge in [0, 0.05) is 5.56 Å². The lowest BCUT2D eigenvalue weighted by Gasteiger charge is -2.28. The van der Waals surface area contributed by atoms with Crippen molar-refractivity contribution >= 4 is 11.6 Å². The van der Waals surface area contributed by atoms with E-state index in [1.165, 1.54) is 25.3 Å². The third-order valence-electron chi connectivity index (χ3n) is 2.78. The lowest BCUT2D eigenvalue weighted by molar-refractivity contribution is 0.0375. The van der Waals surface area contributed by atoms with Crippen LogP contribution < -0.4 is 15.8 Å². The fourth-order valence-corrected chi connectivity index (χ4v) is 1.43. The van der Waals surface area contributed by atoms with Gasteiger partial charge in [-0.1, -0.05) is 0 Å². The van der Waals surface area contributed by atoms with Gasteiger partial charge in [0.2, 0.25) is 0 Å². The Morgan fingerprint density at radius 3 is 2.37 bits per heavy atom. The summed E-state index contributed by atoms with van der Waals surface area (Å²) in [4.78, 5) is 12.0. The summed E-state index contributed by atoms with van der Waals surface area (Å²) in [7, 11) is 1.42. The first-order chi connectivity index (χ1) is 9.01. The standard InChI is InChI=1S/C12H18N2O5/c1-19-10-4-8(2-3-9(10)13)11(18)14-12(5-15,6-16)7-17/h2-4,15-17H,5-7,13H2,1H3,(H,14,18). The van der Waals surface area contributed by atoms with Gasteiger partial charge in [-0.15, -0.1) is 0 Å². The highest BCUT2D eigenvalue weighted by Gasteiger charge is 2.30. The van der Waals surface area contributed by atoms with E-state index in [-0.39, 0.29) is 5.56 Å². The Hall–Kier alpha value is -1.83. The topological polar surface area (TPSA) is 125 Å². The van der Waals surface area contributed by atoms with Crippen molar-refractivity contribution in [2.45, 2.75) is 5.54 Å². The second-order valence-electron chi connectivity index (χ2n) is 4.17. The number of rotatable bonds is 6. The van der Waals surface area contributed by atoms with Gasteiger partial charge in [0.05, 0.1) is 32.6 Å². The summed E-state index contributed by atoms with van der Waals surface area (Å²) < 4.78 is 4.99. The molecule has 0 spiro atoms. The van der Waals surface area contributed by atoms with Crippen LogP contribution >= 0.6 is 0 Å². The van der Waals surface area contributed by atoms with Gasteiger partial charge in [0.15, 0.2) is 0 Å². The minimum atomic E-state index is -1.47. The smallest absolute Gasteiger partial charge is 0.252 e. The van der Waals surface area contributed by atoms with E-state index in [4.69, 9.17) is 25.8 Å². The summed E-state index contributed by atoms with van der Waals surface area (Å²) in [6.45, 7) is -1.76. The van der Waals surface area contributed by atoms with Crippen LogP contribution in [-0.2, 0) is 0 Å². The molecule has 19 heavy (non-hydrogen) atoms. The van der Waals surface area contributed by atoms with Crippen molar-refractivity contribution in [3.8, 4) is 5.75 Å². The van der Waals surface area contributed by atoms with Crippen molar-refractivity contribution < 1.29 is 24.9 Å². The van der Waals surface area contributed by atoms with Gasteiger partial charge in [-0.2, -0.15) is 0 Å². The van der Waals surface area contributed by atoms with Crippen LogP contribution in [0.5, 0.6) is 5.75 Å². The Bertz CT molecular complexity index is 437. The molecule has 0 saturated heterocycles. The van der Waals surface area contributed by atoms with Crippen molar-refractivity contribution in [3.63, 3.8) is 0 Å². The molecule has 0 radical (unpaired) electrons. The lowest BCUT2D eigenvalue weighted by Crippen LogP contribution is -2.57. The van der Waals surface area contributed by atoms with Crippen molar-refractivity contribution in [1.29, 1.82) is 0 Å². The largest absolute Gasteiger partial charge is 0.495 e. The molecular formula is C12H18N2O5. The average molecular weight is 270 g/mol. The van der Waals surface area contributed by atoms with E-state index in [1.54, 1.807) is 0 Å². The molecule has 7 heteroatoms. The predicted molar refractivity (Wildman–Crippen MR) is 68.9 cm³/mol. The maximum Gasteiger partial charge on any atom is 0.252 e. The number of nitrogen functional groups attached to an aromatic ring is 1. The van der Waals surface area contributed by atoms with E-state index in [9.17, 15) is 4.79 Å². The molecule has 6 N–H and O–H groups in total. The molecule has 1 amide bonds. The molecule has 0 aliphatic heterocycles. The first kappa shape index (κ1) is 15.2. The van der Waals surface area contributed by atoms with Crippen molar-refractivity contribution in [1.82, 2.24) is 5.32 Å². The van der Waals surface area contributed by atoms with Crippen molar-refractivity contribution in [3.05, 3.63) is 23.8 Å². The van der Waals surface area contributed by atoms with Gasteiger partial charge >= 0.3 is 0 Å². The van der Waals surface area contributed by atoms with E-state index in [1.807, 2.05) is 0 Å². The van der Waals surface area contributed by atoms with E-state index in [0.29, 0.717) is 11.4 Å². The van der Waals surface area contributed by atoms with Crippen LogP contribution in [0.4, 0.5) is 5.69 Å². The highest BCUT2D eigenvalue weighted by molar-refractivity contribution is 5.95. The van der Waals surface area contributed by atoms with E-state index in [2.05, 4.69) is 5.32 Å². The highest BCUT2D eigenvalue weighted by Crippen LogP contribution is 2.22. The summed E-state index contributed by atoms with van der Waals surface area (Å²) in [5, 5.41) is 29.8. The fraction of sp³-hybridized carbons (Fsp3) is 0.417. The van der Waals surface area contributed by atoms with E-state index < -0.39 is 31.3 Å². The van der Waals surface area contributed by atoms with Gasteiger partial charge in [0.1, 0.15) is 11.3 Å². The van der Waals surface area contributed by atoms with Gasteiger partial charge < -0.3 is 31.1 Å². The van der Waals surface area contributed by atoms with Crippen LogP contribution in [0, 0.1) is 0 Å². The second-order valence-corrected chi connectivity index (χ2v) is 4.17. The van der Waals surface area contributed by atoms with Gasteiger partial charge in [-0.05, 0) is 18.2 Å². The molecule has 1 rings (SSSR count). The number of anilines is 1. The first-order valence-corrected chi connectivity index (χ1v) is 5.60. The number of amides is 1. The highest BCUT2D eigenvalue weighted by atomic mass is 16.5. The number of benzene rings is 1. The molecule has 0 saturated carbocycles. The molecule has 7 nitrogen and oxygen atoms in total. The quantitative estimate of drug-likeness (QED) is 0.410. The molecule has 0 unspecified atom stereocenters. The summed E-state index contributed by atoms with van der Waals surface area (Å²) in [6, 6.07) is 4.41. The summed E-state index contributed by atoms with van der Waals surface area (Å²) in [6.07, 6.45) is 0. The van der Waals surface area contributed by atoms with E-state index >= 15 is 0 Å². The molecule has 0 heterocycles. The molecule has 0 aliphatic carbocycles. The Morgan fingerprint density at radius 1 is 1.32 bits per heavy atom. The van der Waals surface area contributed by atoms with Crippen LogP contribution in [0.1, 0.15) is 10.4 Å². The minimum Gasteiger partial charge on any atom is -0.495 e. The van der Waals surface area contributed by atoms with Crippen molar-refractivity contribution in [2.75, 3.05) is 32.7 Å². The Labute approximate surface area is 110 Å². The fourth-order valence-electron chi connectivity index (χ4n) is 1.43. The molecule has 1 aromatic rings. The minimum absolute atomic E-state index is 0.241. The zero-order chi connectivity index (χ0) is 14.5. The molecule has 106 valence electrons. The number of nitrogens with one attached hydrogen (secondary N) is 1. The van der Waals surface area contributed by atoms with Gasteiger partial charge in [0.25, 0.3) is 5.91 Å². The SMILES string of the molecule is COc1cc(C(=O)NC(CO)(CO)CO)ccc1N. The maximum absolute atomic E-state index is 12.0. The van der Waals surface area contributed by atoms with Gasteiger partial charge in [-0.3, -0.25) is 4.79 Å². The molecular weight excluding hydrogens is 252 g/mol. The normalized spacial score (nSPS) is 11.2. The number of hydrogen-bond acceptors (Lipinski definition) is 6. The Kier molecular flexibility index (Phi) is 5.11. The predicted octanol–water partition coefficient (Wildman–Crippen LogP) is -1.28. The number of hydrogen-bond donors (Lipinski definition) is 5. The molecule has 0 bridgehead atoms. The molecule has 0 atom stereocenters. The monoisotopic (exact) mass is 270 g/mol. The van der Waals surface area contributed by atoms with Crippen LogP contribution in [0.2, 0.25) is 0 Å². The summed E-state index contributed by atoms with van der Waals surface area (Å²) >= 11 is 0. The third kappa shape index (κ3) is 3.34. The molecule has 1 aromatic carbocycles. The van der Waals surface area contributed by atoms with Crippen LogP contribution in [0.15, 0.2) is 18.2 Å². The van der Waals surface area contributed by atoms with Gasteiger partial charge in [-0.25, -0.2) is 0 Å². The Morgan fingerprint density at radius 2 is 1.89 bits per heavy atom. The average Bonchev–Trinajstić information content (AvgIpc) is 2.45. The summed E-state index contributed by atoms with van der Waals surface area (Å²) in [5.74, 6) is -0.217. The zero-order valence-electron chi connectivity index (χ0n) is 10.6. The molecule has 0 aromatic heterocycles. The zero-order valence-corrected chi connectivity index (χ0v) is 10.6. The third-order valence-corrected chi connectivity index (χ3v) is 2.78. The molecule has 0 fully saturated rings. The van der Waals surface area contributed by atoms with Crippen LogP contribution in [0.25, 0.3) is 0 Å². The Balaban J connectivity index is 2.94. The summed E-state index contributed by atoms with van der Waals surface area (Å²) in [5.41, 5.74) is 4.79. The number of aliphatic hydroxyl groups excluding tert-OH is 3. The number of methoxy groups -OCH3 is 1. The number of ether oxygens (including phenoxy) is 1. The van der Waals surface area contributed by atoms with Crippen LogP contribution in [-0.4, -0.2) is 53.7 Å². The number of nitrogens with two attached hydrogens (primary N) is 1. The number of carbonyl (C=O) groups is 1. The van der Waals surface area contributed by atoms with Crippen molar-refractivity contribution in [2.24, 2.45) is 0 Å². The molecule has 0 aliphatic rings. The first-order valence-electron chi connectivity index (χ1n) is 5.60. The second kappa shape index (κ2) is 6.37. The number of carbonyl (C=O) groups excluding carboxylic acids is 1. The lowest BCUT2D eigenvalue weighted by atomic mass is 10.0.